The summed E-state index contributed by atoms with van der Waals surface area (Å²) in [5.74, 6) is -0.191. The van der Waals surface area contributed by atoms with E-state index in [0.717, 1.165) is 6.26 Å². The zero-order chi connectivity index (χ0) is 13.6. The Morgan fingerprint density at radius 1 is 1.28 bits per heavy atom. The number of hydrogen-bond acceptors (Lipinski definition) is 4. The second-order valence-electron chi connectivity index (χ2n) is 3.86. The fourth-order valence-electron chi connectivity index (χ4n) is 1.36. The summed E-state index contributed by atoms with van der Waals surface area (Å²) in [6.07, 6.45) is 1.96. The first-order valence-corrected chi connectivity index (χ1v) is 7.38. The van der Waals surface area contributed by atoms with Crippen LogP contribution in [-0.2, 0) is 14.8 Å². The van der Waals surface area contributed by atoms with Gasteiger partial charge < -0.3 is 11.1 Å². The molecule has 7 heteroatoms. The van der Waals surface area contributed by atoms with Crippen LogP contribution >= 0.6 is 0 Å². The lowest BCUT2D eigenvalue weighted by Crippen LogP contribution is -2.16. The average molecular weight is 271 g/mol. The van der Waals surface area contributed by atoms with Gasteiger partial charge in [0.15, 0.2) is 0 Å². The molecule has 0 saturated carbocycles. The molecule has 1 amide bonds. The fourth-order valence-corrected chi connectivity index (χ4v) is 1.93. The highest BCUT2D eigenvalue weighted by molar-refractivity contribution is 7.92. The number of sulfonamides is 1. The Labute approximate surface area is 107 Å². The summed E-state index contributed by atoms with van der Waals surface area (Å²) in [6.45, 7) is 0.441. The Morgan fingerprint density at radius 3 is 2.44 bits per heavy atom. The van der Waals surface area contributed by atoms with Crippen molar-refractivity contribution in [3.63, 3.8) is 0 Å². The van der Waals surface area contributed by atoms with Crippen molar-refractivity contribution in [2.24, 2.45) is 5.73 Å². The van der Waals surface area contributed by atoms with Crippen LogP contribution in [0.3, 0.4) is 0 Å². The summed E-state index contributed by atoms with van der Waals surface area (Å²) in [5.41, 5.74) is 6.10. The van der Waals surface area contributed by atoms with Crippen LogP contribution in [-0.4, -0.2) is 27.1 Å². The number of amides is 1. The van der Waals surface area contributed by atoms with Crippen LogP contribution in [0.15, 0.2) is 24.3 Å². The van der Waals surface area contributed by atoms with Gasteiger partial charge in [0.25, 0.3) is 0 Å². The van der Waals surface area contributed by atoms with E-state index in [1.807, 2.05) is 0 Å². The van der Waals surface area contributed by atoms with Crippen molar-refractivity contribution < 1.29 is 13.2 Å². The Hall–Kier alpha value is -1.60. The van der Waals surface area contributed by atoms with E-state index in [1.165, 1.54) is 0 Å². The number of carbonyl (C=O) groups is 1. The summed E-state index contributed by atoms with van der Waals surface area (Å²) in [5, 5.41) is 2.65. The number of benzene rings is 1. The Morgan fingerprint density at radius 2 is 1.89 bits per heavy atom. The molecule has 0 aromatic heterocycles. The maximum absolute atomic E-state index is 11.5. The molecule has 0 heterocycles. The predicted octanol–water partition coefficient (Wildman–Crippen LogP) is 0.736. The highest BCUT2D eigenvalue weighted by atomic mass is 32.2. The number of nitrogens with one attached hydrogen (secondary N) is 2. The predicted molar refractivity (Wildman–Crippen MR) is 71.8 cm³/mol. The van der Waals surface area contributed by atoms with Gasteiger partial charge in [-0.25, -0.2) is 8.42 Å². The molecule has 18 heavy (non-hydrogen) atoms. The summed E-state index contributed by atoms with van der Waals surface area (Å²) < 4.78 is 24.7. The Balaban J connectivity index is 2.79. The minimum Gasteiger partial charge on any atom is -0.330 e. The van der Waals surface area contributed by atoms with E-state index in [1.54, 1.807) is 24.3 Å². The molecule has 100 valence electrons. The van der Waals surface area contributed by atoms with Gasteiger partial charge in [0.05, 0.1) is 17.6 Å². The smallest absolute Gasteiger partial charge is 0.229 e. The van der Waals surface area contributed by atoms with Gasteiger partial charge in [0, 0.05) is 6.42 Å². The third-order valence-corrected chi connectivity index (χ3v) is 2.70. The van der Waals surface area contributed by atoms with Gasteiger partial charge in [-0.3, -0.25) is 9.52 Å². The number of nitrogens with two attached hydrogens (primary N) is 1. The number of rotatable bonds is 6. The molecular weight excluding hydrogens is 254 g/mol. The molecule has 0 aliphatic rings. The molecular formula is C11H17N3O3S. The lowest BCUT2D eigenvalue weighted by Gasteiger charge is -2.11. The normalized spacial score (nSPS) is 11.0. The topological polar surface area (TPSA) is 101 Å². The molecule has 1 rings (SSSR count). The fraction of sp³-hybridized carbons (Fsp3) is 0.364. The minimum absolute atomic E-state index is 0.191. The number of anilines is 2. The number of hydrogen-bond donors (Lipinski definition) is 3. The van der Waals surface area contributed by atoms with Gasteiger partial charge >= 0.3 is 0 Å². The molecule has 0 atom stereocenters. The monoisotopic (exact) mass is 271 g/mol. The molecule has 0 spiro atoms. The highest BCUT2D eigenvalue weighted by Crippen LogP contribution is 2.22. The second-order valence-corrected chi connectivity index (χ2v) is 5.61. The van der Waals surface area contributed by atoms with Crippen molar-refractivity contribution in [2.45, 2.75) is 12.8 Å². The zero-order valence-electron chi connectivity index (χ0n) is 10.1. The second kappa shape index (κ2) is 6.36. The largest absolute Gasteiger partial charge is 0.330 e. The number of carbonyl (C=O) groups excluding carboxylic acids is 1. The van der Waals surface area contributed by atoms with E-state index in [-0.39, 0.29) is 5.91 Å². The Kier molecular flexibility index (Phi) is 5.11. The van der Waals surface area contributed by atoms with Crippen molar-refractivity contribution in [1.82, 2.24) is 0 Å². The molecule has 0 fully saturated rings. The molecule has 0 aliphatic heterocycles. The van der Waals surface area contributed by atoms with E-state index in [0.29, 0.717) is 30.8 Å². The van der Waals surface area contributed by atoms with Crippen LogP contribution in [0.4, 0.5) is 11.4 Å². The molecule has 0 saturated heterocycles. The summed E-state index contributed by atoms with van der Waals surface area (Å²) >= 11 is 0. The van der Waals surface area contributed by atoms with Crippen molar-refractivity contribution in [1.29, 1.82) is 0 Å². The van der Waals surface area contributed by atoms with Crippen LogP contribution in [0.2, 0.25) is 0 Å². The summed E-state index contributed by atoms with van der Waals surface area (Å²) in [7, 11) is -3.37. The maximum atomic E-state index is 11.5. The van der Waals surface area contributed by atoms with Crippen LogP contribution in [0.25, 0.3) is 0 Å². The molecule has 1 aromatic rings. The first-order chi connectivity index (χ1) is 8.42. The van der Waals surface area contributed by atoms with E-state index in [4.69, 9.17) is 5.73 Å². The quantitative estimate of drug-likeness (QED) is 0.710. The Bertz CT molecular complexity index is 514. The van der Waals surface area contributed by atoms with Crippen molar-refractivity contribution in [2.75, 3.05) is 22.8 Å². The number of para-hydroxylation sites is 2. The molecule has 0 aliphatic carbocycles. The van der Waals surface area contributed by atoms with Gasteiger partial charge in [0.1, 0.15) is 0 Å². The third-order valence-electron chi connectivity index (χ3n) is 2.10. The van der Waals surface area contributed by atoms with E-state index >= 15 is 0 Å². The van der Waals surface area contributed by atoms with Gasteiger partial charge in [-0.2, -0.15) is 0 Å². The van der Waals surface area contributed by atoms with Crippen LogP contribution < -0.4 is 15.8 Å². The van der Waals surface area contributed by atoms with Gasteiger partial charge in [-0.15, -0.1) is 0 Å². The first kappa shape index (κ1) is 14.5. The van der Waals surface area contributed by atoms with Gasteiger partial charge in [0.2, 0.25) is 15.9 Å². The lowest BCUT2D eigenvalue weighted by atomic mass is 10.2. The van der Waals surface area contributed by atoms with Crippen LogP contribution in [0.5, 0.6) is 0 Å². The SMILES string of the molecule is CS(=O)(=O)Nc1ccccc1NC(=O)CCCN. The first-order valence-electron chi connectivity index (χ1n) is 5.49. The van der Waals surface area contributed by atoms with E-state index < -0.39 is 10.0 Å². The summed E-state index contributed by atoms with van der Waals surface area (Å²) in [6, 6.07) is 6.61. The van der Waals surface area contributed by atoms with Gasteiger partial charge in [-0.05, 0) is 25.1 Å². The standard InChI is InChI=1S/C11H17N3O3S/c1-18(16,17)14-10-6-3-2-5-9(10)13-11(15)7-4-8-12/h2-3,5-6,14H,4,7-8,12H2,1H3,(H,13,15). The molecule has 0 unspecified atom stereocenters. The van der Waals surface area contributed by atoms with Crippen molar-refractivity contribution in [3.05, 3.63) is 24.3 Å². The zero-order valence-corrected chi connectivity index (χ0v) is 11.0. The molecule has 4 N–H and O–H groups in total. The van der Waals surface area contributed by atoms with Gasteiger partial charge in [-0.1, -0.05) is 12.1 Å². The molecule has 0 radical (unpaired) electrons. The summed E-state index contributed by atoms with van der Waals surface area (Å²) in [4.78, 5) is 11.5. The molecule has 1 aromatic carbocycles. The van der Waals surface area contributed by atoms with Crippen LogP contribution in [0, 0.1) is 0 Å². The van der Waals surface area contributed by atoms with E-state index in [9.17, 15) is 13.2 Å². The molecule has 6 nitrogen and oxygen atoms in total. The maximum Gasteiger partial charge on any atom is 0.229 e. The van der Waals surface area contributed by atoms with Crippen molar-refractivity contribution >= 4 is 27.3 Å². The van der Waals surface area contributed by atoms with E-state index in [2.05, 4.69) is 10.0 Å². The average Bonchev–Trinajstić information content (AvgIpc) is 2.27. The van der Waals surface area contributed by atoms with Crippen LogP contribution in [0.1, 0.15) is 12.8 Å². The molecule has 0 bridgehead atoms. The van der Waals surface area contributed by atoms with Crippen molar-refractivity contribution in [3.8, 4) is 0 Å². The highest BCUT2D eigenvalue weighted by Gasteiger charge is 2.09. The third kappa shape index (κ3) is 5.15. The minimum atomic E-state index is -3.37. The lowest BCUT2D eigenvalue weighted by molar-refractivity contribution is -0.116.